The highest BCUT2D eigenvalue weighted by Crippen LogP contribution is 2.24. The van der Waals surface area contributed by atoms with Gasteiger partial charge in [0.1, 0.15) is 5.58 Å². The number of benzene rings is 2. The smallest absolute Gasteiger partial charge is 0.336 e. The lowest BCUT2D eigenvalue weighted by Gasteiger charge is -2.18. The molecule has 0 aliphatic rings. The molecule has 2 aromatic carbocycles. The average Bonchev–Trinajstić information content (AvgIpc) is 2.58. The van der Waals surface area contributed by atoms with Gasteiger partial charge in [-0.05, 0) is 66.8 Å². The average molecular weight is 400 g/mol. The van der Waals surface area contributed by atoms with Crippen LogP contribution in [-0.2, 0) is 6.54 Å². The zero-order chi connectivity index (χ0) is 18.0. The molecule has 0 fully saturated rings. The summed E-state index contributed by atoms with van der Waals surface area (Å²) in [4.78, 5) is 11.9. The molecule has 1 atom stereocenters. The SMILES string of the molecule is CC[C@H](NCc1cc(=O)oc2cc(C)c(C)cc12)c1ccc(Br)cc1. The van der Waals surface area contributed by atoms with Gasteiger partial charge in [-0.3, -0.25) is 0 Å². The summed E-state index contributed by atoms with van der Waals surface area (Å²) < 4.78 is 6.45. The van der Waals surface area contributed by atoms with Crippen molar-refractivity contribution in [3.8, 4) is 0 Å². The number of hydrogen-bond acceptors (Lipinski definition) is 3. The Morgan fingerprint density at radius 3 is 2.44 bits per heavy atom. The maximum Gasteiger partial charge on any atom is 0.336 e. The minimum atomic E-state index is -0.302. The van der Waals surface area contributed by atoms with Crippen molar-refractivity contribution in [3.05, 3.63) is 79.6 Å². The molecule has 0 radical (unpaired) electrons. The van der Waals surface area contributed by atoms with Crippen LogP contribution in [0.2, 0.25) is 0 Å². The summed E-state index contributed by atoms with van der Waals surface area (Å²) in [6, 6.07) is 14.2. The molecule has 130 valence electrons. The van der Waals surface area contributed by atoms with Crippen molar-refractivity contribution in [2.75, 3.05) is 0 Å². The first-order chi connectivity index (χ1) is 12.0. The molecule has 0 bridgehead atoms. The van der Waals surface area contributed by atoms with Gasteiger partial charge in [0.15, 0.2) is 0 Å². The first-order valence-corrected chi connectivity index (χ1v) is 9.30. The van der Waals surface area contributed by atoms with Gasteiger partial charge in [-0.2, -0.15) is 0 Å². The van der Waals surface area contributed by atoms with Crippen molar-refractivity contribution in [3.63, 3.8) is 0 Å². The molecule has 0 unspecified atom stereocenters. The number of aryl methyl sites for hydroxylation is 2. The number of fused-ring (bicyclic) bond motifs is 1. The second-order valence-electron chi connectivity index (χ2n) is 6.42. The molecule has 4 heteroatoms. The third-order valence-corrected chi connectivity index (χ3v) is 5.19. The Morgan fingerprint density at radius 2 is 1.76 bits per heavy atom. The van der Waals surface area contributed by atoms with Gasteiger partial charge in [0.05, 0.1) is 0 Å². The first-order valence-electron chi connectivity index (χ1n) is 8.50. The third kappa shape index (κ3) is 4.02. The van der Waals surface area contributed by atoms with Gasteiger partial charge in [0, 0.05) is 28.5 Å². The minimum absolute atomic E-state index is 0.238. The molecule has 0 aliphatic carbocycles. The number of hydrogen-bond donors (Lipinski definition) is 1. The zero-order valence-electron chi connectivity index (χ0n) is 14.7. The molecule has 1 heterocycles. The highest BCUT2D eigenvalue weighted by atomic mass is 79.9. The van der Waals surface area contributed by atoms with Gasteiger partial charge in [-0.1, -0.05) is 35.0 Å². The van der Waals surface area contributed by atoms with Crippen LogP contribution < -0.4 is 10.9 Å². The van der Waals surface area contributed by atoms with E-state index in [1.54, 1.807) is 6.07 Å². The molecule has 0 saturated heterocycles. The Kier molecular flexibility index (Phi) is 5.40. The van der Waals surface area contributed by atoms with Crippen molar-refractivity contribution < 1.29 is 4.42 Å². The second-order valence-corrected chi connectivity index (χ2v) is 7.33. The number of rotatable bonds is 5. The van der Waals surface area contributed by atoms with Crippen molar-refractivity contribution in [2.45, 2.75) is 39.8 Å². The topological polar surface area (TPSA) is 42.2 Å². The molecular formula is C21H22BrNO2. The van der Waals surface area contributed by atoms with Gasteiger partial charge in [0.25, 0.3) is 0 Å². The van der Waals surface area contributed by atoms with Crippen molar-refractivity contribution in [1.29, 1.82) is 0 Å². The van der Waals surface area contributed by atoms with Crippen LogP contribution in [0.15, 0.2) is 56.1 Å². The molecule has 0 amide bonds. The first kappa shape index (κ1) is 17.9. The van der Waals surface area contributed by atoms with Gasteiger partial charge in [0.2, 0.25) is 0 Å². The number of nitrogens with one attached hydrogen (secondary N) is 1. The van der Waals surface area contributed by atoms with Crippen LogP contribution in [0.1, 0.15) is 41.6 Å². The molecule has 1 N–H and O–H groups in total. The highest BCUT2D eigenvalue weighted by molar-refractivity contribution is 9.10. The van der Waals surface area contributed by atoms with Crippen LogP contribution in [0, 0.1) is 13.8 Å². The molecule has 0 aliphatic heterocycles. The molecule has 0 spiro atoms. The summed E-state index contributed by atoms with van der Waals surface area (Å²) >= 11 is 3.47. The van der Waals surface area contributed by atoms with E-state index < -0.39 is 0 Å². The Labute approximate surface area is 156 Å². The predicted octanol–water partition coefficient (Wildman–Crippen LogP) is 5.41. The zero-order valence-corrected chi connectivity index (χ0v) is 16.3. The monoisotopic (exact) mass is 399 g/mol. The molecule has 0 saturated carbocycles. The summed E-state index contributed by atoms with van der Waals surface area (Å²) in [7, 11) is 0. The Hall–Kier alpha value is -1.91. The quantitative estimate of drug-likeness (QED) is 0.582. The van der Waals surface area contributed by atoms with Crippen LogP contribution >= 0.6 is 15.9 Å². The van der Waals surface area contributed by atoms with Crippen LogP contribution in [-0.4, -0.2) is 0 Å². The standard InChI is InChI=1S/C21H22BrNO2/c1-4-19(15-5-7-17(22)8-6-15)23-12-16-11-21(24)25-20-10-14(3)13(2)9-18(16)20/h5-11,19,23H,4,12H2,1-3H3/t19-/m0/s1. The summed E-state index contributed by atoms with van der Waals surface area (Å²) in [5.41, 5.74) is 4.90. The summed E-state index contributed by atoms with van der Waals surface area (Å²) in [6.45, 7) is 6.89. The van der Waals surface area contributed by atoms with Crippen molar-refractivity contribution >= 4 is 26.9 Å². The Balaban J connectivity index is 1.90. The van der Waals surface area contributed by atoms with Crippen LogP contribution in [0.25, 0.3) is 11.0 Å². The highest BCUT2D eigenvalue weighted by Gasteiger charge is 2.12. The van der Waals surface area contributed by atoms with E-state index in [0.717, 1.165) is 27.4 Å². The van der Waals surface area contributed by atoms with E-state index in [1.165, 1.54) is 11.1 Å². The van der Waals surface area contributed by atoms with Crippen LogP contribution in [0.3, 0.4) is 0 Å². The van der Waals surface area contributed by atoms with E-state index in [-0.39, 0.29) is 11.7 Å². The van der Waals surface area contributed by atoms with Crippen molar-refractivity contribution in [2.24, 2.45) is 0 Å². The summed E-state index contributed by atoms with van der Waals surface area (Å²) in [5, 5.41) is 4.58. The van der Waals surface area contributed by atoms with E-state index in [9.17, 15) is 4.79 Å². The summed E-state index contributed by atoms with van der Waals surface area (Å²) in [6.07, 6.45) is 0.971. The molecule has 3 aromatic rings. The molecule has 25 heavy (non-hydrogen) atoms. The van der Waals surface area contributed by atoms with Gasteiger partial charge < -0.3 is 9.73 Å². The normalized spacial score (nSPS) is 12.5. The summed E-state index contributed by atoms with van der Waals surface area (Å²) in [5.74, 6) is 0. The maximum atomic E-state index is 11.9. The lowest BCUT2D eigenvalue weighted by Crippen LogP contribution is -2.21. The lowest BCUT2D eigenvalue weighted by atomic mass is 10.0. The Morgan fingerprint density at radius 1 is 1.08 bits per heavy atom. The van der Waals surface area contributed by atoms with E-state index >= 15 is 0 Å². The van der Waals surface area contributed by atoms with Crippen LogP contribution in [0.4, 0.5) is 0 Å². The van der Waals surface area contributed by atoms with Crippen molar-refractivity contribution in [1.82, 2.24) is 5.32 Å². The lowest BCUT2D eigenvalue weighted by molar-refractivity contribution is 0.514. The fourth-order valence-corrected chi connectivity index (χ4v) is 3.32. The van der Waals surface area contributed by atoms with E-state index in [0.29, 0.717) is 12.1 Å². The molecule has 3 nitrogen and oxygen atoms in total. The van der Waals surface area contributed by atoms with Gasteiger partial charge >= 0.3 is 5.63 Å². The third-order valence-electron chi connectivity index (χ3n) is 4.66. The van der Waals surface area contributed by atoms with Gasteiger partial charge in [-0.15, -0.1) is 0 Å². The largest absolute Gasteiger partial charge is 0.423 e. The maximum absolute atomic E-state index is 11.9. The van der Waals surface area contributed by atoms with E-state index in [4.69, 9.17) is 4.42 Å². The fourth-order valence-electron chi connectivity index (χ4n) is 3.06. The molecule has 3 rings (SSSR count). The van der Waals surface area contributed by atoms with Crippen LogP contribution in [0.5, 0.6) is 0 Å². The second kappa shape index (κ2) is 7.54. The van der Waals surface area contributed by atoms with E-state index in [1.807, 2.05) is 13.0 Å². The minimum Gasteiger partial charge on any atom is -0.423 e. The predicted molar refractivity (Wildman–Crippen MR) is 106 cm³/mol. The fraction of sp³-hybridized carbons (Fsp3) is 0.286. The molecular weight excluding hydrogens is 378 g/mol. The van der Waals surface area contributed by atoms with E-state index in [2.05, 4.69) is 65.4 Å². The molecule has 1 aromatic heterocycles. The number of halogens is 1. The van der Waals surface area contributed by atoms with Gasteiger partial charge in [-0.25, -0.2) is 4.79 Å². The Bertz CT molecular complexity index is 945.